The van der Waals surface area contributed by atoms with Gasteiger partial charge >= 0.3 is 0 Å². The molecule has 1 unspecified atom stereocenters. The largest absolute Gasteiger partial charge is 0.326 e. The molecule has 1 aromatic rings. The van der Waals surface area contributed by atoms with Gasteiger partial charge in [0, 0.05) is 24.8 Å². The van der Waals surface area contributed by atoms with E-state index >= 15 is 0 Å². The van der Waals surface area contributed by atoms with Gasteiger partial charge in [-0.3, -0.25) is 14.9 Å². The molecule has 2 rings (SSSR count). The second kappa shape index (κ2) is 6.93. The van der Waals surface area contributed by atoms with Crippen LogP contribution in [-0.2, 0) is 14.8 Å². The molecule has 0 aromatic heterocycles. The molecule has 126 valence electrons. The van der Waals surface area contributed by atoms with E-state index in [2.05, 4.69) is 21.2 Å². The zero-order chi connectivity index (χ0) is 17.2. The Bertz CT molecular complexity index is 737. The van der Waals surface area contributed by atoms with E-state index in [0.29, 0.717) is 25.1 Å². The van der Waals surface area contributed by atoms with Crippen LogP contribution in [0, 0.1) is 16.0 Å². The second-order valence-corrected chi connectivity index (χ2v) is 8.21. The molecular formula is C13H16BrN3O5S. The zero-order valence-electron chi connectivity index (χ0n) is 12.4. The Kier molecular flexibility index (Phi) is 5.37. The second-order valence-electron chi connectivity index (χ2n) is 5.37. The van der Waals surface area contributed by atoms with E-state index in [1.807, 2.05) is 0 Å². The van der Waals surface area contributed by atoms with Crippen LogP contribution in [0.15, 0.2) is 22.7 Å². The third-order valence-corrected chi connectivity index (χ3v) is 5.54. The van der Waals surface area contributed by atoms with Crippen LogP contribution in [0.2, 0.25) is 0 Å². The molecular weight excluding hydrogens is 390 g/mol. The first-order valence-electron chi connectivity index (χ1n) is 6.88. The minimum absolute atomic E-state index is 0.0936. The fourth-order valence-electron chi connectivity index (χ4n) is 2.43. The summed E-state index contributed by atoms with van der Waals surface area (Å²) < 4.78 is 24.7. The number of nitrogens with zero attached hydrogens (tertiary/aromatic N) is 2. The molecule has 0 aliphatic carbocycles. The van der Waals surface area contributed by atoms with Gasteiger partial charge in [0.2, 0.25) is 15.9 Å². The van der Waals surface area contributed by atoms with Gasteiger partial charge in [-0.2, -0.15) is 0 Å². The lowest BCUT2D eigenvalue weighted by Crippen LogP contribution is -2.43. The van der Waals surface area contributed by atoms with Crippen molar-refractivity contribution in [3.05, 3.63) is 32.8 Å². The summed E-state index contributed by atoms with van der Waals surface area (Å²) in [5.41, 5.74) is 0.327. The van der Waals surface area contributed by atoms with Crippen molar-refractivity contribution in [2.75, 3.05) is 24.7 Å². The van der Waals surface area contributed by atoms with Crippen LogP contribution in [0.4, 0.5) is 11.4 Å². The van der Waals surface area contributed by atoms with Gasteiger partial charge < -0.3 is 5.32 Å². The monoisotopic (exact) mass is 405 g/mol. The lowest BCUT2D eigenvalue weighted by Gasteiger charge is -2.30. The van der Waals surface area contributed by atoms with E-state index in [4.69, 9.17) is 0 Å². The molecule has 1 aromatic carbocycles. The number of hydrogen-bond donors (Lipinski definition) is 1. The first-order chi connectivity index (χ1) is 10.7. The normalized spacial score (nSPS) is 19.3. The van der Waals surface area contributed by atoms with Crippen LogP contribution in [0.3, 0.4) is 0 Å². The molecule has 8 nitrogen and oxygen atoms in total. The number of sulfonamides is 1. The van der Waals surface area contributed by atoms with Crippen LogP contribution in [0.5, 0.6) is 0 Å². The molecule has 1 fully saturated rings. The molecule has 1 N–H and O–H groups in total. The maximum absolute atomic E-state index is 12.3. The fraction of sp³-hybridized carbons (Fsp3) is 0.462. The van der Waals surface area contributed by atoms with Gasteiger partial charge in [0.1, 0.15) is 0 Å². The van der Waals surface area contributed by atoms with Gasteiger partial charge in [0.05, 0.1) is 21.6 Å². The Morgan fingerprint density at radius 1 is 1.48 bits per heavy atom. The van der Waals surface area contributed by atoms with Crippen LogP contribution in [0.25, 0.3) is 0 Å². The standard InChI is InChI=1S/C13H16BrN3O5S/c1-23(21,22)16-6-2-3-9(8-16)13(18)15-10-4-5-12(17(19)20)11(14)7-10/h4-5,7,9H,2-3,6,8H2,1H3,(H,15,18). The SMILES string of the molecule is CS(=O)(=O)N1CCCC(C(=O)Nc2ccc([N+](=O)[O-])c(Br)c2)C1. The Morgan fingerprint density at radius 2 is 2.17 bits per heavy atom. The third-order valence-electron chi connectivity index (χ3n) is 3.64. The van der Waals surface area contributed by atoms with Gasteiger partial charge in [-0.25, -0.2) is 12.7 Å². The third kappa shape index (κ3) is 4.49. The number of carbonyl (C=O) groups excluding carboxylic acids is 1. The van der Waals surface area contributed by atoms with Crippen molar-refractivity contribution in [2.24, 2.45) is 5.92 Å². The molecule has 23 heavy (non-hydrogen) atoms. The number of anilines is 1. The summed E-state index contributed by atoms with van der Waals surface area (Å²) in [5, 5.41) is 13.4. The summed E-state index contributed by atoms with van der Waals surface area (Å²) in [6.07, 6.45) is 2.35. The van der Waals surface area contributed by atoms with Crippen molar-refractivity contribution in [3.63, 3.8) is 0 Å². The van der Waals surface area contributed by atoms with Gasteiger partial charge in [-0.1, -0.05) is 0 Å². The molecule has 1 aliphatic heterocycles. The Morgan fingerprint density at radius 3 is 2.74 bits per heavy atom. The number of benzene rings is 1. The van der Waals surface area contributed by atoms with E-state index < -0.39 is 20.9 Å². The fourth-order valence-corrected chi connectivity index (χ4v) is 3.87. The number of nitro groups is 1. The highest BCUT2D eigenvalue weighted by Crippen LogP contribution is 2.28. The predicted molar refractivity (Wildman–Crippen MR) is 88.6 cm³/mol. The minimum atomic E-state index is -3.32. The summed E-state index contributed by atoms with van der Waals surface area (Å²) in [6.45, 7) is 0.574. The average Bonchev–Trinajstić information content (AvgIpc) is 2.46. The van der Waals surface area contributed by atoms with Crippen molar-refractivity contribution >= 4 is 43.2 Å². The number of piperidine rings is 1. The Labute approximate surface area is 142 Å². The highest BCUT2D eigenvalue weighted by Gasteiger charge is 2.30. The highest BCUT2D eigenvalue weighted by molar-refractivity contribution is 9.10. The summed E-state index contributed by atoms with van der Waals surface area (Å²) in [7, 11) is -3.32. The molecule has 0 radical (unpaired) electrons. The van der Waals surface area contributed by atoms with Crippen molar-refractivity contribution in [2.45, 2.75) is 12.8 Å². The van der Waals surface area contributed by atoms with Gasteiger partial charge in [-0.05, 0) is 40.9 Å². The molecule has 1 amide bonds. The molecule has 10 heteroatoms. The van der Waals surface area contributed by atoms with E-state index in [0.717, 1.165) is 6.26 Å². The number of halogens is 1. The molecule has 1 atom stereocenters. The molecule has 0 spiro atoms. The highest BCUT2D eigenvalue weighted by atomic mass is 79.9. The van der Waals surface area contributed by atoms with Crippen molar-refractivity contribution in [3.8, 4) is 0 Å². The van der Waals surface area contributed by atoms with Crippen LogP contribution in [0.1, 0.15) is 12.8 Å². The number of amides is 1. The molecule has 1 heterocycles. The van der Waals surface area contributed by atoms with Crippen molar-refractivity contribution < 1.29 is 18.1 Å². The predicted octanol–water partition coefficient (Wildman–Crippen LogP) is 1.97. The maximum Gasteiger partial charge on any atom is 0.283 e. The molecule has 1 aliphatic rings. The summed E-state index contributed by atoms with van der Waals surface area (Å²) in [4.78, 5) is 22.5. The first-order valence-corrected chi connectivity index (χ1v) is 9.52. The first kappa shape index (κ1) is 17.8. The smallest absolute Gasteiger partial charge is 0.283 e. The van der Waals surface area contributed by atoms with Crippen LogP contribution < -0.4 is 5.32 Å². The number of hydrogen-bond acceptors (Lipinski definition) is 5. The number of rotatable bonds is 4. The van der Waals surface area contributed by atoms with Crippen molar-refractivity contribution in [1.82, 2.24) is 4.31 Å². The Balaban J connectivity index is 2.07. The quantitative estimate of drug-likeness (QED) is 0.607. The Hall–Kier alpha value is -1.52. The molecule has 1 saturated heterocycles. The molecule has 0 bridgehead atoms. The topological polar surface area (TPSA) is 110 Å². The molecule has 0 saturated carbocycles. The summed E-state index contributed by atoms with van der Waals surface area (Å²) in [6, 6.07) is 4.19. The van der Waals surface area contributed by atoms with E-state index in [-0.39, 0.29) is 22.6 Å². The zero-order valence-corrected chi connectivity index (χ0v) is 14.8. The van der Waals surface area contributed by atoms with Gasteiger partial charge in [0.15, 0.2) is 0 Å². The summed E-state index contributed by atoms with van der Waals surface area (Å²) in [5.74, 6) is -0.730. The van der Waals surface area contributed by atoms with Gasteiger partial charge in [-0.15, -0.1) is 0 Å². The number of nitro benzene ring substituents is 1. The summed E-state index contributed by atoms with van der Waals surface area (Å²) >= 11 is 3.09. The lowest BCUT2D eigenvalue weighted by molar-refractivity contribution is -0.385. The number of carbonyl (C=O) groups is 1. The number of nitrogens with one attached hydrogen (secondary N) is 1. The minimum Gasteiger partial charge on any atom is -0.326 e. The average molecular weight is 406 g/mol. The van der Waals surface area contributed by atoms with Crippen LogP contribution in [-0.4, -0.2) is 42.9 Å². The van der Waals surface area contributed by atoms with E-state index in [9.17, 15) is 23.3 Å². The van der Waals surface area contributed by atoms with Gasteiger partial charge in [0.25, 0.3) is 5.69 Å². The van der Waals surface area contributed by atoms with E-state index in [1.165, 1.54) is 22.5 Å². The maximum atomic E-state index is 12.3. The van der Waals surface area contributed by atoms with Crippen molar-refractivity contribution in [1.29, 1.82) is 0 Å². The lowest BCUT2D eigenvalue weighted by atomic mass is 9.98. The van der Waals surface area contributed by atoms with Crippen LogP contribution >= 0.6 is 15.9 Å². The van der Waals surface area contributed by atoms with E-state index in [1.54, 1.807) is 0 Å².